The van der Waals surface area contributed by atoms with Crippen LogP contribution >= 0.6 is 11.6 Å². The molecule has 0 spiro atoms. The first-order valence-electron chi connectivity index (χ1n) is 5.68. The van der Waals surface area contributed by atoms with Crippen molar-refractivity contribution in [2.75, 3.05) is 0 Å². The molecule has 100 valence electrons. The molecule has 0 saturated heterocycles. The molecule has 1 amide bonds. The van der Waals surface area contributed by atoms with Gasteiger partial charge in [0.2, 0.25) is 0 Å². The third kappa shape index (κ3) is 5.38. The number of amides is 1. The van der Waals surface area contributed by atoms with Crippen molar-refractivity contribution in [3.05, 3.63) is 29.3 Å². The highest BCUT2D eigenvalue weighted by atomic mass is 35.5. The third-order valence-corrected chi connectivity index (χ3v) is 2.21. The van der Waals surface area contributed by atoms with Gasteiger partial charge in [-0.2, -0.15) is 0 Å². The fraction of sp³-hybridized carbons (Fsp3) is 0.462. The summed E-state index contributed by atoms with van der Waals surface area (Å²) in [6.07, 6.45) is -0.645. The summed E-state index contributed by atoms with van der Waals surface area (Å²) in [6, 6.07) is 6.81. The summed E-state index contributed by atoms with van der Waals surface area (Å²) >= 11 is 5.76. The molecule has 1 aromatic rings. The Hall–Kier alpha value is -1.26. The number of hydrogen-bond acceptors (Lipinski definition) is 3. The summed E-state index contributed by atoms with van der Waals surface area (Å²) in [5.74, 6) is 0.248. The van der Waals surface area contributed by atoms with Crippen molar-refractivity contribution in [1.29, 1.82) is 0 Å². The Morgan fingerprint density at radius 2 is 1.83 bits per heavy atom. The normalized spacial score (nSPS) is 12.9. The van der Waals surface area contributed by atoms with E-state index < -0.39 is 11.7 Å². The first kappa shape index (κ1) is 14.8. The van der Waals surface area contributed by atoms with Gasteiger partial charge < -0.3 is 4.74 Å². The van der Waals surface area contributed by atoms with Crippen molar-refractivity contribution >= 4 is 17.5 Å². The molecule has 0 heterocycles. The van der Waals surface area contributed by atoms with Crippen LogP contribution in [-0.2, 0) is 9.63 Å². The van der Waals surface area contributed by atoms with E-state index in [-0.39, 0.29) is 5.91 Å². The van der Waals surface area contributed by atoms with Crippen LogP contribution in [-0.4, -0.2) is 17.6 Å². The fourth-order valence-corrected chi connectivity index (χ4v) is 1.18. The van der Waals surface area contributed by atoms with Crippen LogP contribution in [0.5, 0.6) is 5.75 Å². The Morgan fingerprint density at radius 1 is 1.28 bits per heavy atom. The van der Waals surface area contributed by atoms with Gasteiger partial charge >= 0.3 is 0 Å². The van der Waals surface area contributed by atoms with Crippen LogP contribution in [0.3, 0.4) is 0 Å². The van der Waals surface area contributed by atoms with Gasteiger partial charge in [-0.15, -0.1) is 0 Å². The zero-order valence-electron chi connectivity index (χ0n) is 11.0. The van der Waals surface area contributed by atoms with Crippen LogP contribution in [0.15, 0.2) is 24.3 Å². The minimum absolute atomic E-state index is 0.333. The van der Waals surface area contributed by atoms with E-state index >= 15 is 0 Å². The number of nitrogens with one attached hydrogen (secondary N) is 1. The molecule has 18 heavy (non-hydrogen) atoms. The van der Waals surface area contributed by atoms with E-state index in [1.165, 1.54) is 0 Å². The lowest BCUT2D eigenvalue weighted by Crippen LogP contribution is -2.40. The number of halogens is 1. The van der Waals surface area contributed by atoms with Gasteiger partial charge in [0, 0.05) is 5.02 Å². The predicted molar refractivity (Wildman–Crippen MR) is 70.5 cm³/mol. The lowest BCUT2D eigenvalue weighted by Gasteiger charge is -2.21. The quantitative estimate of drug-likeness (QED) is 0.857. The zero-order valence-corrected chi connectivity index (χ0v) is 11.7. The van der Waals surface area contributed by atoms with Crippen molar-refractivity contribution in [3.63, 3.8) is 0 Å². The first-order valence-corrected chi connectivity index (χ1v) is 6.06. The number of rotatable bonds is 4. The number of benzene rings is 1. The molecule has 0 aliphatic heterocycles. The monoisotopic (exact) mass is 271 g/mol. The van der Waals surface area contributed by atoms with Crippen LogP contribution in [0.1, 0.15) is 27.7 Å². The van der Waals surface area contributed by atoms with Gasteiger partial charge in [-0.3, -0.25) is 9.63 Å². The molecule has 0 fully saturated rings. The van der Waals surface area contributed by atoms with Gasteiger partial charge in [0.05, 0.1) is 5.60 Å². The highest BCUT2D eigenvalue weighted by Gasteiger charge is 2.18. The Balaban J connectivity index is 2.47. The van der Waals surface area contributed by atoms with E-state index in [2.05, 4.69) is 5.48 Å². The molecule has 0 aliphatic carbocycles. The molecule has 0 radical (unpaired) electrons. The second kappa shape index (κ2) is 6.07. The number of hydrogen-bond donors (Lipinski definition) is 1. The lowest BCUT2D eigenvalue weighted by molar-refractivity contribution is -0.151. The average Bonchev–Trinajstić information content (AvgIpc) is 2.28. The van der Waals surface area contributed by atoms with E-state index in [1.807, 2.05) is 20.8 Å². The molecule has 0 aromatic heterocycles. The van der Waals surface area contributed by atoms with Gasteiger partial charge in [0.1, 0.15) is 5.75 Å². The smallest absolute Gasteiger partial charge is 0.284 e. The van der Waals surface area contributed by atoms with Gasteiger partial charge in [-0.25, -0.2) is 5.48 Å². The average molecular weight is 272 g/mol. The van der Waals surface area contributed by atoms with Crippen molar-refractivity contribution in [2.45, 2.75) is 39.4 Å². The van der Waals surface area contributed by atoms with E-state index in [1.54, 1.807) is 31.2 Å². The molecule has 1 aromatic carbocycles. The van der Waals surface area contributed by atoms with Crippen molar-refractivity contribution < 1.29 is 14.4 Å². The number of hydroxylamine groups is 1. The molecule has 0 aliphatic rings. The summed E-state index contributed by atoms with van der Waals surface area (Å²) in [5, 5.41) is 0.621. The predicted octanol–water partition coefficient (Wildman–Crippen LogP) is 2.95. The van der Waals surface area contributed by atoms with Crippen LogP contribution in [0.2, 0.25) is 5.02 Å². The highest BCUT2D eigenvalue weighted by Crippen LogP contribution is 2.16. The molecule has 0 saturated carbocycles. The van der Waals surface area contributed by atoms with E-state index in [9.17, 15) is 4.79 Å². The lowest BCUT2D eigenvalue weighted by atomic mass is 10.2. The van der Waals surface area contributed by atoms with Gasteiger partial charge in [-0.05, 0) is 52.0 Å². The fourth-order valence-electron chi connectivity index (χ4n) is 1.06. The number of ether oxygens (including phenoxy) is 1. The molecule has 4 nitrogen and oxygen atoms in total. The minimum atomic E-state index is -0.645. The van der Waals surface area contributed by atoms with Gasteiger partial charge in [-0.1, -0.05) is 11.6 Å². The minimum Gasteiger partial charge on any atom is -0.481 e. The topological polar surface area (TPSA) is 47.6 Å². The zero-order chi connectivity index (χ0) is 13.8. The molecule has 1 rings (SSSR count). The van der Waals surface area contributed by atoms with Crippen LogP contribution in [0.4, 0.5) is 0 Å². The Morgan fingerprint density at radius 3 is 2.33 bits per heavy atom. The molecule has 1 unspecified atom stereocenters. The summed E-state index contributed by atoms with van der Waals surface area (Å²) < 4.78 is 5.45. The second-order valence-electron chi connectivity index (χ2n) is 4.89. The molecular formula is C13H18ClNO3. The Bertz CT molecular complexity index is 398. The standard InChI is InChI=1S/C13H18ClNO3/c1-9(12(16)15-18-13(2,3)4)17-11-7-5-10(14)6-8-11/h5-9H,1-4H3,(H,15,16). The second-order valence-corrected chi connectivity index (χ2v) is 5.33. The van der Waals surface area contributed by atoms with E-state index in [4.69, 9.17) is 21.2 Å². The molecule has 1 N–H and O–H groups in total. The largest absolute Gasteiger partial charge is 0.481 e. The highest BCUT2D eigenvalue weighted by molar-refractivity contribution is 6.30. The maximum atomic E-state index is 11.7. The molecular weight excluding hydrogens is 254 g/mol. The Labute approximate surface area is 112 Å². The summed E-state index contributed by atoms with van der Waals surface area (Å²) in [7, 11) is 0. The van der Waals surface area contributed by atoms with Crippen LogP contribution in [0, 0.1) is 0 Å². The van der Waals surface area contributed by atoms with E-state index in [0.717, 1.165) is 0 Å². The Kier molecular flexibility index (Phi) is 4.99. The van der Waals surface area contributed by atoms with Crippen LogP contribution in [0.25, 0.3) is 0 Å². The maximum Gasteiger partial charge on any atom is 0.284 e. The summed E-state index contributed by atoms with van der Waals surface area (Å²) in [4.78, 5) is 16.8. The number of carbonyl (C=O) groups is 1. The maximum absolute atomic E-state index is 11.7. The summed E-state index contributed by atoms with van der Waals surface area (Å²) in [5.41, 5.74) is 1.93. The van der Waals surface area contributed by atoms with Gasteiger partial charge in [0.25, 0.3) is 5.91 Å². The van der Waals surface area contributed by atoms with Gasteiger partial charge in [0.15, 0.2) is 6.10 Å². The van der Waals surface area contributed by atoms with Crippen molar-refractivity contribution in [2.24, 2.45) is 0 Å². The number of carbonyl (C=O) groups excluding carboxylic acids is 1. The first-order chi connectivity index (χ1) is 8.28. The third-order valence-electron chi connectivity index (χ3n) is 1.95. The van der Waals surface area contributed by atoms with E-state index in [0.29, 0.717) is 10.8 Å². The summed E-state index contributed by atoms with van der Waals surface area (Å²) in [6.45, 7) is 7.18. The van der Waals surface area contributed by atoms with Crippen molar-refractivity contribution in [3.8, 4) is 5.75 Å². The molecule has 0 bridgehead atoms. The molecule has 5 heteroatoms. The molecule has 1 atom stereocenters. The SMILES string of the molecule is CC(Oc1ccc(Cl)cc1)C(=O)NOC(C)(C)C. The van der Waals surface area contributed by atoms with Crippen LogP contribution < -0.4 is 10.2 Å². The van der Waals surface area contributed by atoms with Crippen molar-refractivity contribution in [1.82, 2.24) is 5.48 Å².